The van der Waals surface area contributed by atoms with Gasteiger partial charge in [0.15, 0.2) is 11.5 Å². The summed E-state index contributed by atoms with van der Waals surface area (Å²) >= 11 is 0. The molecule has 3 rings (SSSR count). The summed E-state index contributed by atoms with van der Waals surface area (Å²) in [6.45, 7) is 1.12. The first-order valence-corrected chi connectivity index (χ1v) is 8.22. The zero-order chi connectivity index (χ0) is 17.6. The number of aryl methyl sites for hydroxylation is 1. The standard InChI is InChI=1S/C20H22N2O3/c1-24-18-8-7-15(13-19(18)25-2)14-21-20(23)10-12-22-11-9-16-5-3-4-6-17(16)22/h3-9,11,13H,10,12,14H2,1-2H3,(H,21,23). The number of rotatable bonds is 7. The molecule has 0 fully saturated rings. The van der Waals surface area contributed by atoms with E-state index in [1.165, 1.54) is 5.39 Å². The minimum atomic E-state index is 0.0209. The van der Waals surface area contributed by atoms with Crippen LogP contribution in [0.4, 0.5) is 0 Å². The van der Waals surface area contributed by atoms with Crippen LogP contribution in [0.15, 0.2) is 54.7 Å². The number of amides is 1. The van der Waals surface area contributed by atoms with Gasteiger partial charge in [0.25, 0.3) is 0 Å². The fourth-order valence-corrected chi connectivity index (χ4v) is 2.84. The molecule has 0 radical (unpaired) electrons. The van der Waals surface area contributed by atoms with Crippen molar-refractivity contribution in [3.05, 3.63) is 60.3 Å². The van der Waals surface area contributed by atoms with Crippen molar-refractivity contribution in [2.75, 3.05) is 14.2 Å². The van der Waals surface area contributed by atoms with E-state index >= 15 is 0 Å². The summed E-state index contributed by atoms with van der Waals surface area (Å²) in [5.74, 6) is 1.36. The van der Waals surface area contributed by atoms with Gasteiger partial charge in [-0.2, -0.15) is 0 Å². The summed E-state index contributed by atoms with van der Waals surface area (Å²) in [4.78, 5) is 12.1. The van der Waals surface area contributed by atoms with E-state index in [4.69, 9.17) is 9.47 Å². The summed E-state index contributed by atoms with van der Waals surface area (Å²) in [5.41, 5.74) is 2.12. The average molecular weight is 338 g/mol. The Hall–Kier alpha value is -2.95. The second-order valence-electron chi connectivity index (χ2n) is 5.78. The van der Waals surface area contributed by atoms with Gasteiger partial charge in [0.2, 0.25) is 5.91 Å². The molecule has 0 aliphatic heterocycles. The highest BCUT2D eigenvalue weighted by Crippen LogP contribution is 2.27. The molecule has 1 aromatic heterocycles. The predicted octanol–water partition coefficient (Wildman–Crippen LogP) is 3.37. The van der Waals surface area contributed by atoms with E-state index in [-0.39, 0.29) is 5.91 Å². The number of ether oxygens (including phenoxy) is 2. The van der Waals surface area contributed by atoms with E-state index in [0.29, 0.717) is 31.0 Å². The minimum absolute atomic E-state index is 0.0209. The molecule has 25 heavy (non-hydrogen) atoms. The van der Waals surface area contributed by atoms with Crippen molar-refractivity contribution >= 4 is 16.8 Å². The van der Waals surface area contributed by atoms with Crippen LogP contribution >= 0.6 is 0 Å². The average Bonchev–Trinajstić information content (AvgIpc) is 3.07. The Morgan fingerprint density at radius 3 is 2.64 bits per heavy atom. The van der Waals surface area contributed by atoms with Crippen LogP contribution in [0.1, 0.15) is 12.0 Å². The molecule has 130 valence electrons. The smallest absolute Gasteiger partial charge is 0.222 e. The molecule has 0 spiro atoms. The zero-order valence-corrected chi connectivity index (χ0v) is 14.5. The molecule has 3 aromatic rings. The number of aromatic nitrogens is 1. The Morgan fingerprint density at radius 2 is 1.84 bits per heavy atom. The van der Waals surface area contributed by atoms with E-state index in [9.17, 15) is 4.79 Å². The molecular formula is C20H22N2O3. The largest absolute Gasteiger partial charge is 0.493 e. The van der Waals surface area contributed by atoms with Gasteiger partial charge in [-0.3, -0.25) is 4.79 Å². The third-order valence-corrected chi connectivity index (χ3v) is 4.20. The lowest BCUT2D eigenvalue weighted by atomic mass is 10.2. The molecule has 5 nitrogen and oxygen atoms in total. The lowest BCUT2D eigenvalue weighted by Crippen LogP contribution is -2.23. The summed E-state index contributed by atoms with van der Waals surface area (Å²) < 4.78 is 12.6. The molecule has 0 saturated heterocycles. The maximum Gasteiger partial charge on any atom is 0.222 e. The van der Waals surface area contributed by atoms with Crippen LogP contribution < -0.4 is 14.8 Å². The monoisotopic (exact) mass is 338 g/mol. The Kier molecular flexibility index (Phi) is 5.23. The van der Waals surface area contributed by atoms with Gasteiger partial charge in [0, 0.05) is 31.2 Å². The first-order chi connectivity index (χ1) is 12.2. The minimum Gasteiger partial charge on any atom is -0.493 e. The first-order valence-electron chi connectivity index (χ1n) is 8.22. The molecule has 0 atom stereocenters. The van der Waals surface area contributed by atoms with E-state index in [1.807, 2.05) is 36.5 Å². The molecule has 0 aliphatic carbocycles. The van der Waals surface area contributed by atoms with Crippen LogP contribution in [0.5, 0.6) is 11.5 Å². The fourth-order valence-electron chi connectivity index (χ4n) is 2.84. The highest BCUT2D eigenvalue weighted by Gasteiger charge is 2.07. The van der Waals surface area contributed by atoms with Gasteiger partial charge in [0.05, 0.1) is 14.2 Å². The second kappa shape index (κ2) is 7.75. The highest BCUT2D eigenvalue weighted by molar-refractivity contribution is 5.80. The number of methoxy groups -OCH3 is 2. The van der Waals surface area contributed by atoms with Crippen molar-refractivity contribution in [3.63, 3.8) is 0 Å². The van der Waals surface area contributed by atoms with Gasteiger partial charge in [-0.15, -0.1) is 0 Å². The predicted molar refractivity (Wildman–Crippen MR) is 97.9 cm³/mol. The lowest BCUT2D eigenvalue weighted by molar-refractivity contribution is -0.121. The van der Waals surface area contributed by atoms with Gasteiger partial charge in [-0.1, -0.05) is 24.3 Å². The number of carbonyl (C=O) groups excluding carboxylic acids is 1. The number of hydrogen-bond acceptors (Lipinski definition) is 3. The third kappa shape index (κ3) is 3.94. The zero-order valence-electron chi connectivity index (χ0n) is 14.5. The van der Waals surface area contributed by atoms with E-state index in [1.54, 1.807) is 14.2 Å². The SMILES string of the molecule is COc1ccc(CNC(=O)CCn2ccc3ccccc32)cc1OC. The van der Waals surface area contributed by atoms with Crippen LogP contribution in [-0.4, -0.2) is 24.7 Å². The number of nitrogens with one attached hydrogen (secondary N) is 1. The van der Waals surface area contributed by atoms with Crippen LogP contribution in [0.3, 0.4) is 0 Å². The van der Waals surface area contributed by atoms with Crippen LogP contribution in [0.25, 0.3) is 10.9 Å². The molecule has 1 N–H and O–H groups in total. The number of hydrogen-bond donors (Lipinski definition) is 1. The van der Waals surface area contributed by atoms with Crippen molar-refractivity contribution in [3.8, 4) is 11.5 Å². The second-order valence-corrected chi connectivity index (χ2v) is 5.78. The molecule has 0 unspecified atom stereocenters. The van der Waals surface area contributed by atoms with Gasteiger partial charge < -0.3 is 19.4 Å². The van der Waals surface area contributed by atoms with E-state index < -0.39 is 0 Å². The molecule has 1 heterocycles. The quantitative estimate of drug-likeness (QED) is 0.719. The topological polar surface area (TPSA) is 52.5 Å². The van der Waals surface area contributed by atoms with Crippen molar-refractivity contribution in [1.29, 1.82) is 0 Å². The Morgan fingerprint density at radius 1 is 1.04 bits per heavy atom. The molecule has 0 saturated carbocycles. The van der Waals surface area contributed by atoms with E-state index in [2.05, 4.69) is 28.1 Å². The number of nitrogens with zero attached hydrogens (tertiary/aromatic N) is 1. The van der Waals surface area contributed by atoms with Crippen LogP contribution in [-0.2, 0) is 17.9 Å². The number of carbonyl (C=O) groups is 1. The fraction of sp³-hybridized carbons (Fsp3) is 0.250. The Balaban J connectivity index is 1.54. The van der Waals surface area contributed by atoms with Crippen molar-refractivity contribution in [2.45, 2.75) is 19.5 Å². The molecule has 1 amide bonds. The maximum atomic E-state index is 12.1. The van der Waals surface area contributed by atoms with Gasteiger partial charge in [0.1, 0.15) is 0 Å². The summed E-state index contributed by atoms with van der Waals surface area (Å²) in [6, 6.07) is 15.9. The Bertz CT molecular complexity index is 870. The van der Waals surface area contributed by atoms with Gasteiger partial charge >= 0.3 is 0 Å². The first kappa shape index (κ1) is 16.9. The maximum absolute atomic E-state index is 12.1. The summed E-state index contributed by atoms with van der Waals surface area (Å²) in [7, 11) is 3.20. The number of para-hydroxylation sites is 1. The summed E-state index contributed by atoms with van der Waals surface area (Å²) in [6.07, 6.45) is 2.46. The van der Waals surface area contributed by atoms with E-state index in [0.717, 1.165) is 11.1 Å². The number of benzene rings is 2. The lowest BCUT2D eigenvalue weighted by Gasteiger charge is -2.11. The van der Waals surface area contributed by atoms with Crippen molar-refractivity contribution in [2.24, 2.45) is 0 Å². The van der Waals surface area contributed by atoms with Crippen LogP contribution in [0.2, 0.25) is 0 Å². The van der Waals surface area contributed by atoms with Crippen molar-refractivity contribution in [1.82, 2.24) is 9.88 Å². The molecule has 5 heteroatoms. The normalized spacial score (nSPS) is 10.6. The third-order valence-electron chi connectivity index (χ3n) is 4.20. The van der Waals surface area contributed by atoms with Crippen LogP contribution in [0, 0.1) is 0 Å². The highest BCUT2D eigenvalue weighted by atomic mass is 16.5. The van der Waals surface area contributed by atoms with Crippen molar-refractivity contribution < 1.29 is 14.3 Å². The molecule has 2 aromatic carbocycles. The van der Waals surface area contributed by atoms with Gasteiger partial charge in [-0.25, -0.2) is 0 Å². The Labute approximate surface area is 147 Å². The van der Waals surface area contributed by atoms with Gasteiger partial charge in [-0.05, 0) is 35.2 Å². The summed E-state index contributed by atoms with van der Waals surface area (Å²) in [5, 5.41) is 4.14. The molecule has 0 aliphatic rings. The molecular weight excluding hydrogens is 316 g/mol. The number of fused-ring (bicyclic) bond motifs is 1. The molecule has 0 bridgehead atoms.